The fourth-order valence-corrected chi connectivity index (χ4v) is 4.52. The van der Waals surface area contributed by atoms with Gasteiger partial charge in [-0.2, -0.15) is 0 Å². The van der Waals surface area contributed by atoms with Gasteiger partial charge in [0.15, 0.2) is 16.7 Å². The van der Waals surface area contributed by atoms with E-state index in [2.05, 4.69) is 42.0 Å². The third kappa shape index (κ3) is 5.80. The second-order valence-electron chi connectivity index (χ2n) is 7.89. The lowest BCUT2D eigenvalue weighted by Crippen LogP contribution is -2.23. The fourth-order valence-electron chi connectivity index (χ4n) is 3.70. The lowest BCUT2D eigenvalue weighted by atomic mass is 10.1. The average molecular weight is 479 g/mol. The van der Waals surface area contributed by atoms with E-state index in [1.807, 2.05) is 42.5 Å². The van der Waals surface area contributed by atoms with Gasteiger partial charge < -0.3 is 19.7 Å². The standard InChI is InChI=1S/C26H30N4O3S/c1-4-21-14-24(30(5-2)6-3)29-26(28-21)34-16-19-8-7-9-20(12-19)25(31)27-15-18-10-11-22-23(13-18)33-17-32-22/h7-14H,4-6,15-17H2,1-3H3,(H,27,31). The fraction of sp³-hybridized carbons (Fsp3) is 0.346. The zero-order chi connectivity index (χ0) is 23.9. The number of thioether (sulfide) groups is 1. The maximum absolute atomic E-state index is 12.7. The van der Waals surface area contributed by atoms with Crippen LogP contribution in [-0.4, -0.2) is 35.8 Å². The Morgan fingerprint density at radius 1 is 1.00 bits per heavy atom. The van der Waals surface area contributed by atoms with E-state index in [1.54, 1.807) is 11.8 Å². The molecule has 2 aromatic carbocycles. The summed E-state index contributed by atoms with van der Waals surface area (Å²) in [5.74, 6) is 2.99. The summed E-state index contributed by atoms with van der Waals surface area (Å²) < 4.78 is 10.7. The van der Waals surface area contributed by atoms with Crippen LogP contribution >= 0.6 is 11.8 Å². The van der Waals surface area contributed by atoms with Crippen molar-refractivity contribution in [1.82, 2.24) is 15.3 Å². The minimum atomic E-state index is -0.113. The van der Waals surface area contributed by atoms with E-state index in [0.29, 0.717) is 23.6 Å². The van der Waals surface area contributed by atoms with Gasteiger partial charge in [-0.25, -0.2) is 9.97 Å². The average Bonchev–Trinajstić information content (AvgIpc) is 3.35. The predicted octanol–water partition coefficient (Wildman–Crippen LogP) is 4.84. The minimum absolute atomic E-state index is 0.113. The number of ether oxygens (including phenoxy) is 2. The van der Waals surface area contributed by atoms with Crippen molar-refractivity contribution in [2.45, 2.75) is 44.6 Å². The van der Waals surface area contributed by atoms with Crippen LogP contribution in [0.1, 0.15) is 48.0 Å². The van der Waals surface area contributed by atoms with E-state index in [4.69, 9.17) is 14.5 Å². The number of hydrogen-bond donors (Lipinski definition) is 1. The zero-order valence-electron chi connectivity index (χ0n) is 19.8. The van der Waals surface area contributed by atoms with Gasteiger partial charge in [0.2, 0.25) is 6.79 Å². The Morgan fingerprint density at radius 3 is 2.62 bits per heavy atom. The number of hydrogen-bond acceptors (Lipinski definition) is 7. The molecule has 3 aromatic rings. The first-order chi connectivity index (χ1) is 16.6. The second kappa shape index (κ2) is 11.2. The highest BCUT2D eigenvalue weighted by Crippen LogP contribution is 2.32. The van der Waals surface area contributed by atoms with Crippen molar-refractivity contribution in [1.29, 1.82) is 0 Å². The highest BCUT2D eigenvalue weighted by Gasteiger charge is 2.14. The van der Waals surface area contributed by atoms with Crippen molar-refractivity contribution in [2.75, 3.05) is 24.8 Å². The number of amides is 1. The summed E-state index contributed by atoms with van der Waals surface area (Å²) in [6.45, 7) is 8.84. The molecule has 0 fully saturated rings. The molecule has 2 heterocycles. The predicted molar refractivity (Wildman–Crippen MR) is 135 cm³/mol. The van der Waals surface area contributed by atoms with Crippen molar-refractivity contribution in [3.8, 4) is 11.5 Å². The van der Waals surface area contributed by atoms with Crippen LogP contribution in [0.2, 0.25) is 0 Å². The molecular weight excluding hydrogens is 448 g/mol. The van der Waals surface area contributed by atoms with Crippen LogP contribution in [0.4, 0.5) is 5.82 Å². The van der Waals surface area contributed by atoms with Crippen LogP contribution < -0.4 is 19.7 Å². The second-order valence-corrected chi connectivity index (χ2v) is 8.83. The molecule has 0 unspecified atom stereocenters. The van der Waals surface area contributed by atoms with Crippen molar-refractivity contribution >= 4 is 23.5 Å². The minimum Gasteiger partial charge on any atom is -0.454 e. The Kier molecular flexibility index (Phi) is 7.90. The Hall–Kier alpha value is -3.26. The van der Waals surface area contributed by atoms with E-state index < -0.39 is 0 Å². The molecule has 8 heteroatoms. The first-order valence-electron chi connectivity index (χ1n) is 11.6. The number of aromatic nitrogens is 2. The van der Waals surface area contributed by atoms with Gasteiger partial charge in [0.25, 0.3) is 5.91 Å². The van der Waals surface area contributed by atoms with E-state index in [-0.39, 0.29) is 12.7 Å². The highest BCUT2D eigenvalue weighted by molar-refractivity contribution is 7.98. The third-order valence-corrected chi connectivity index (χ3v) is 6.56. The van der Waals surface area contributed by atoms with Gasteiger partial charge in [0, 0.05) is 42.7 Å². The number of anilines is 1. The van der Waals surface area contributed by atoms with Gasteiger partial charge in [0.05, 0.1) is 0 Å². The molecule has 7 nitrogen and oxygen atoms in total. The zero-order valence-corrected chi connectivity index (χ0v) is 20.7. The molecule has 0 spiro atoms. The molecule has 0 bridgehead atoms. The van der Waals surface area contributed by atoms with Crippen molar-refractivity contribution in [3.05, 3.63) is 70.9 Å². The van der Waals surface area contributed by atoms with Gasteiger partial charge in [-0.05, 0) is 55.7 Å². The van der Waals surface area contributed by atoms with Gasteiger partial charge in [-0.1, -0.05) is 36.9 Å². The molecular formula is C26H30N4O3S. The number of carbonyl (C=O) groups is 1. The molecule has 1 aromatic heterocycles. The monoisotopic (exact) mass is 478 g/mol. The number of carbonyl (C=O) groups excluding carboxylic acids is 1. The quantitative estimate of drug-likeness (QED) is 0.330. The molecule has 0 radical (unpaired) electrons. The number of benzene rings is 2. The van der Waals surface area contributed by atoms with Gasteiger partial charge in [-0.3, -0.25) is 4.79 Å². The van der Waals surface area contributed by atoms with E-state index in [1.165, 1.54) is 0 Å². The Morgan fingerprint density at radius 2 is 1.82 bits per heavy atom. The van der Waals surface area contributed by atoms with Crippen molar-refractivity contribution in [3.63, 3.8) is 0 Å². The summed E-state index contributed by atoms with van der Waals surface area (Å²) in [7, 11) is 0. The highest BCUT2D eigenvalue weighted by atomic mass is 32.2. The molecule has 1 aliphatic heterocycles. The summed E-state index contributed by atoms with van der Waals surface area (Å²) in [5.41, 5.74) is 3.68. The van der Waals surface area contributed by atoms with Crippen molar-refractivity contribution in [2.24, 2.45) is 0 Å². The normalized spacial score (nSPS) is 12.0. The Bertz CT molecular complexity index is 1150. The lowest BCUT2D eigenvalue weighted by Gasteiger charge is -2.20. The molecule has 178 valence electrons. The van der Waals surface area contributed by atoms with Crippen LogP contribution in [0.5, 0.6) is 11.5 Å². The Labute approximate surface area is 204 Å². The molecule has 0 atom stereocenters. The third-order valence-electron chi connectivity index (χ3n) is 5.64. The largest absolute Gasteiger partial charge is 0.454 e. The first kappa shape index (κ1) is 23.9. The van der Waals surface area contributed by atoms with E-state index >= 15 is 0 Å². The lowest BCUT2D eigenvalue weighted by molar-refractivity contribution is 0.0950. The summed E-state index contributed by atoms with van der Waals surface area (Å²) in [6.07, 6.45) is 0.864. The smallest absolute Gasteiger partial charge is 0.251 e. The maximum atomic E-state index is 12.7. The summed E-state index contributed by atoms with van der Waals surface area (Å²) in [5, 5.41) is 3.75. The van der Waals surface area contributed by atoms with Gasteiger partial charge in [-0.15, -0.1) is 0 Å². The van der Waals surface area contributed by atoms with Crippen LogP contribution in [0.15, 0.2) is 53.7 Å². The number of nitrogens with one attached hydrogen (secondary N) is 1. The van der Waals surface area contributed by atoms with E-state index in [9.17, 15) is 4.79 Å². The molecule has 0 saturated carbocycles. The van der Waals surface area contributed by atoms with Crippen LogP contribution in [-0.2, 0) is 18.7 Å². The topological polar surface area (TPSA) is 76.6 Å². The van der Waals surface area contributed by atoms with Crippen LogP contribution in [0.25, 0.3) is 0 Å². The van der Waals surface area contributed by atoms with Crippen LogP contribution in [0, 0.1) is 0 Å². The summed E-state index contributed by atoms with van der Waals surface area (Å²) in [4.78, 5) is 24.4. The summed E-state index contributed by atoms with van der Waals surface area (Å²) >= 11 is 1.59. The van der Waals surface area contributed by atoms with E-state index in [0.717, 1.165) is 53.1 Å². The SMILES string of the molecule is CCc1cc(N(CC)CC)nc(SCc2cccc(C(=O)NCc3ccc4c(c3)OCO4)c2)n1. The number of rotatable bonds is 10. The molecule has 0 aliphatic carbocycles. The molecule has 1 amide bonds. The molecule has 1 N–H and O–H groups in total. The molecule has 34 heavy (non-hydrogen) atoms. The summed E-state index contributed by atoms with van der Waals surface area (Å²) in [6, 6.07) is 15.5. The number of aryl methyl sites for hydroxylation is 1. The number of fused-ring (bicyclic) bond motifs is 1. The Balaban J connectivity index is 1.38. The van der Waals surface area contributed by atoms with Gasteiger partial charge >= 0.3 is 0 Å². The molecule has 4 rings (SSSR count). The van der Waals surface area contributed by atoms with Crippen molar-refractivity contribution < 1.29 is 14.3 Å². The number of nitrogens with zero attached hydrogens (tertiary/aromatic N) is 3. The molecule has 0 saturated heterocycles. The maximum Gasteiger partial charge on any atom is 0.251 e. The van der Waals surface area contributed by atoms with Gasteiger partial charge in [0.1, 0.15) is 5.82 Å². The first-order valence-corrected chi connectivity index (χ1v) is 12.6. The van der Waals surface area contributed by atoms with Crippen LogP contribution in [0.3, 0.4) is 0 Å². The molecule has 1 aliphatic rings.